The van der Waals surface area contributed by atoms with Gasteiger partial charge in [-0.2, -0.15) is 9.37 Å². The summed E-state index contributed by atoms with van der Waals surface area (Å²) in [5.41, 5.74) is 8.13. The topological polar surface area (TPSA) is 43.9 Å². The smallest absolute Gasteiger partial charge is 0.229 e. The molecule has 3 heterocycles. The number of aromatic nitrogens is 3. The van der Waals surface area contributed by atoms with Crippen LogP contribution < -0.4 is 0 Å². The molecule has 0 bridgehead atoms. The molecule has 0 unspecified atom stereocenters. The first-order valence-corrected chi connectivity index (χ1v) is 14.4. The Balaban J connectivity index is 1.48. The second-order valence-corrected chi connectivity index (χ2v) is 11.5. The lowest BCUT2D eigenvalue weighted by atomic mass is 9.87. The molecule has 0 amide bonds. The van der Waals surface area contributed by atoms with Crippen molar-refractivity contribution in [1.82, 2.24) is 14.5 Å². The van der Waals surface area contributed by atoms with Gasteiger partial charge in [0.25, 0.3) is 0 Å². The van der Waals surface area contributed by atoms with Crippen molar-refractivity contribution in [3.05, 3.63) is 108 Å². The van der Waals surface area contributed by atoms with Gasteiger partial charge in [-0.15, -0.1) is 0 Å². The van der Waals surface area contributed by atoms with Crippen molar-refractivity contribution in [2.45, 2.75) is 52.5 Å². The predicted octanol–water partition coefficient (Wildman–Crippen LogP) is 9.78. The molecular weight excluding hydrogens is 509 g/mol. The Labute approximate surface area is 238 Å². The third kappa shape index (κ3) is 4.19. The Hall–Kier alpha value is -4.51. The van der Waals surface area contributed by atoms with Gasteiger partial charge < -0.3 is 8.98 Å². The van der Waals surface area contributed by atoms with Gasteiger partial charge in [0.1, 0.15) is 11.4 Å². The summed E-state index contributed by atoms with van der Waals surface area (Å²) in [4.78, 5) is 9.23. The van der Waals surface area contributed by atoms with Crippen LogP contribution >= 0.6 is 0 Å². The first kappa shape index (κ1) is 25.5. The van der Waals surface area contributed by atoms with Gasteiger partial charge in [0.2, 0.25) is 11.7 Å². The van der Waals surface area contributed by atoms with E-state index < -0.39 is 5.95 Å². The largest absolute Gasteiger partial charge is 0.437 e. The summed E-state index contributed by atoms with van der Waals surface area (Å²) in [6.07, 6.45) is 0.881. The minimum Gasteiger partial charge on any atom is -0.437 e. The number of halogens is 1. The minimum atomic E-state index is -0.554. The molecule has 0 N–H and O–H groups in total. The maximum Gasteiger partial charge on any atom is 0.229 e. The minimum absolute atomic E-state index is 0.299. The average molecular weight is 542 g/mol. The van der Waals surface area contributed by atoms with E-state index in [0.717, 1.165) is 46.2 Å². The average Bonchev–Trinajstić information content (AvgIpc) is 3.53. The summed E-state index contributed by atoms with van der Waals surface area (Å²) in [5.74, 6) is 1.15. The van der Waals surface area contributed by atoms with Crippen molar-refractivity contribution in [1.29, 1.82) is 0 Å². The van der Waals surface area contributed by atoms with Crippen molar-refractivity contribution in [2.75, 3.05) is 0 Å². The molecule has 5 heteroatoms. The van der Waals surface area contributed by atoms with Crippen LogP contribution in [0.25, 0.3) is 55.3 Å². The van der Waals surface area contributed by atoms with E-state index in [1.807, 2.05) is 18.2 Å². The highest BCUT2D eigenvalue weighted by atomic mass is 19.1. The summed E-state index contributed by atoms with van der Waals surface area (Å²) in [6.45, 7) is 9.84. The molecule has 0 saturated heterocycles. The number of nitrogens with zero attached hydrogens (tertiary/aromatic N) is 3. The van der Waals surface area contributed by atoms with Crippen LogP contribution in [0.3, 0.4) is 0 Å². The lowest BCUT2D eigenvalue weighted by Crippen LogP contribution is -2.09. The molecule has 3 aromatic heterocycles. The molecule has 0 aliphatic rings. The SMILES string of the molecule is CC(C)c1cccc(C(C)C)c1CCn1c(-c2cccc3c2oc2nc(F)ccc23)nc2ccc3ccccc3c21. The number of hydrogen-bond acceptors (Lipinski definition) is 3. The standard InChI is InChI=1S/C36H32FN3O/c1-21(2)24-11-7-12-25(22(3)4)27(24)19-20-40-33-26-10-6-5-9-23(26)15-17-31(33)38-35(40)30-14-8-13-28-29-16-18-32(37)39-36(29)41-34(28)30/h5-18,21-22H,19-20H2,1-4H3. The molecule has 7 rings (SSSR count). The van der Waals surface area contributed by atoms with Crippen LogP contribution in [0.15, 0.2) is 89.3 Å². The Morgan fingerprint density at radius 3 is 2.24 bits per heavy atom. The number of rotatable bonds is 6. The molecule has 4 aromatic carbocycles. The van der Waals surface area contributed by atoms with Gasteiger partial charge in [-0.3, -0.25) is 0 Å². The number of benzene rings is 4. The van der Waals surface area contributed by atoms with Crippen molar-refractivity contribution in [3.8, 4) is 11.4 Å². The monoisotopic (exact) mass is 541 g/mol. The fourth-order valence-electron chi connectivity index (χ4n) is 6.37. The Kier molecular flexibility index (Phi) is 6.11. The molecular formula is C36H32FN3O. The summed E-state index contributed by atoms with van der Waals surface area (Å²) in [7, 11) is 0. The zero-order valence-corrected chi connectivity index (χ0v) is 23.8. The van der Waals surface area contributed by atoms with Gasteiger partial charge in [0, 0.05) is 22.7 Å². The van der Waals surface area contributed by atoms with Crippen LogP contribution in [0.1, 0.15) is 56.2 Å². The number of furan rings is 1. The molecule has 0 radical (unpaired) electrons. The number of hydrogen-bond donors (Lipinski definition) is 0. The first-order valence-electron chi connectivity index (χ1n) is 14.4. The highest BCUT2D eigenvalue weighted by Crippen LogP contribution is 2.38. The van der Waals surface area contributed by atoms with Gasteiger partial charge in [0.05, 0.1) is 16.6 Å². The zero-order valence-electron chi connectivity index (χ0n) is 23.8. The normalized spacial score (nSPS) is 12.2. The van der Waals surface area contributed by atoms with Gasteiger partial charge in [-0.1, -0.05) is 88.4 Å². The molecule has 0 spiro atoms. The number of imidazole rings is 1. The molecule has 41 heavy (non-hydrogen) atoms. The Morgan fingerprint density at radius 2 is 1.46 bits per heavy atom. The van der Waals surface area contributed by atoms with Gasteiger partial charge in [0.15, 0.2) is 0 Å². The molecule has 4 nitrogen and oxygen atoms in total. The lowest BCUT2D eigenvalue weighted by molar-refractivity contribution is 0.569. The second-order valence-electron chi connectivity index (χ2n) is 11.5. The second kappa shape index (κ2) is 9.84. The van der Waals surface area contributed by atoms with Crippen LogP contribution in [0.2, 0.25) is 0 Å². The number of para-hydroxylation sites is 1. The van der Waals surface area contributed by atoms with E-state index in [1.165, 1.54) is 33.5 Å². The zero-order chi connectivity index (χ0) is 28.2. The van der Waals surface area contributed by atoms with Gasteiger partial charge in [-0.05, 0) is 64.6 Å². The van der Waals surface area contributed by atoms with E-state index in [4.69, 9.17) is 9.40 Å². The van der Waals surface area contributed by atoms with Crippen molar-refractivity contribution in [2.24, 2.45) is 0 Å². The predicted molar refractivity (Wildman–Crippen MR) is 166 cm³/mol. The van der Waals surface area contributed by atoms with E-state index in [-0.39, 0.29) is 0 Å². The van der Waals surface area contributed by atoms with Crippen LogP contribution in [0, 0.1) is 5.95 Å². The molecule has 0 atom stereocenters. The summed E-state index contributed by atoms with van der Waals surface area (Å²) in [6, 6.07) is 28.6. The van der Waals surface area contributed by atoms with Crippen LogP contribution in [0.4, 0.5) is 4.39 Å². The van der Waals surface area contributed by atoms with Crippen LogP contribution in [-0.4, -0.2) is 14.5 Å². The maximum absolute atomic E-state index is 14.0. The fourth-order valence-corrected chi connectivity index (χ4v) is 6.37. The molecule has 0 fully saturated rings. The molecule has 0 aliphatic heterocycles. The molecule has 204 valence electrons. The van der Waals surface area contributed by atoms with Crippen LogP contribution in [0.5, 0.6) is 0 Å². The third-order valence-corrected chi connectivity index (χ3v) is 8.28. The van der Waals surface area contributed by atoms with Crippen LogP contribution in [-0.2, 0) is 13.0 Å². The number of pyridine rings is 1. The highest BCUT2D eigenvalue weighted by molar-refractivity contribution is 6.10. The van der Waals surface area contributed by atoms with Gasteiger partial charge >= 0.3 is 0 Å². The number of fused-ring (bicyclic) bond motifs is 6. The molecule has 7 aromatic rings. The Bertz CT molecular complexity index is 2060. The summed E-state index contributed by atoms with van der Waals surface area (Å²) >= 11 is 0. The molecule has 0 saturated carbocycles. The summed E-state index contributed by atoms with van der Waals surface area (Å²) in [5, 5.41) is 4.05. The highest BCUT2D eigenvalue weighted by Gasteiger charge is 2.22. The van der Waals surface area contributed by atoms with E-state index in [2.05, 4.69) is 91.8 Å². The summed E-state index contributed by atoms with van der Waals surface area (Å²) < 4.78 is 22.6. The van der Waals surface area contributed by atoms with Gasteiger partial charge in [-0.25, -0.2) is 4.98 Å². The van der Waals surface area contributed by atoms with E-state index in [9.17, 15) is 4.39 Å². The van der Waals surface area contributed by atoms with Crippen molar-refractivity contribution >= 4 is 43.9 Å². The third-order valence-electron chi connectivity index (χ3n) is 8.28. The number of aryl methyl sites for hydroxylation is 1. The van der Waals surface area contributed by atoms with E-state index in [0.29, 0.717) is 23.1 Å². The fraction of sp³-hybridized carbons (Fsp3) is 0.222. The quantitative estimate of drug-likeness (QED) is 0.197. The van der Waals surface area contributed by atoms with E-state index in [1.54, 1.807) is 6.07 Å². The first-order chi connectivity index (χ1) is 19.9. The Morgan fingerprint density at radius 1 is 0.732 bits per heavy atom. The van der Waals surface area contributed by atoms with Crippen molar-refractivity contribution < 1.29 is 8.81 Å². The maximum atomic E-state index is 14.0. The van der Waals surface area contributed by atoms with E-state index >= 15 is 0 Å². The molecule has 0 aliphatic carbocycles. The lowest BCUT2D eigenvalue weighted by Gasteiger charge is -2.20. The van der Waals surface area contributed by atoms with Crippen molar-refractivity contribution in [3.63, 3.8) is 0 Å².